The minimum atomic E-state index is -3.04. The van der Waals surface area contributed by atoms with Crippen LogP contribution < -0.4 is 15.4 Å². The third kappa shape index (κ3) is 2.94. The highest BCUT2D eigenvalue weighted by Gasteiger charge is 2.35. The highest BCUT2D eigenvalue weighted by atomic mass is 19.3. The first-order valence-corrected chi connectivity index (χ1v) is 6.85. The summed E-state index contributed by atoms with van der Waals surface area (Å²) in [6, 6.07) is 2.76. The molecule has 110 valence electrons. The Bertz CT molecular complexity index is 501. The molecular weight excluding hydrogens is 269 g/mol. The second-order valence-corrected chi connectivity index (χ2v) is 5.55. The molecule has 2 saturated carbocycles. The van der Waals surface area contributed by atoms with E-state index in [1.165, 1.54) is 18.9 Å². The number of benzene rings is 1. The van der Waals surface area contributed by atoms with Crippen molar-refractivity contribution in [2.24, 2.45) is 5.92 Å². The van der Waals surface area contributed by atoms with Crippen LogP contribution in [0.5, 0.6) is 5.75 Å². The van der Waals surface area contributed by atoms with Crippen molar-refractivity contribution in [3.8, 4) is 5.75 Å². The van der Waals surface area contributed by atoms with E-state index in [9.17, 15) is 13.2 Å². The van der Waals surface area contributed by atoms with Crippen LogP contribution in [0, 0.1) is 11.7 Å². The topological polar surface area (TPSA) is 38.5 Å². The Morgan fingerprint density at radius 2 is 1.95 bits per heavy atom. The van der Waals surface area contributed by atoms with E-state index >= 15 is 0 Å². The Labute approximate surface area is 115 Å². The van der Waals surface area contributed by atoms with Crippen molar-refractivity contribution in [1.82, 2.24) is 0 Å². The van der Waals surface area contributed by atoms with Gasteiger partial charge in [0.1, 0.15) is 0 Å². The number of nitrogen functional groups attached to an aromatic ring is 1. The van der Waals surface area contributed by atoms with Crippen molar-refractivity contribution in [1.29, 1.82) is 0 Å². The van der Waals surface area contributed by atoms with Crippen LogP contribution in [-0.2, 0) is 0 Å². The fraction of sp³-hybridized carbons (Fsp3) is 0.571. The van der Waals surface area contributed by atoms with Crippen molar-refractivity contribution in [2.75, 3.05) is 17.2 Å². The van der Waals surface area contributed by atoms with E-state index in [1.807, 2.05) is 0 Å². The van der Waals surface area contributed by atoms with E-state index in [0.717, 1.165) is 25.5 Å². The lowest BCUT2D eigenvalue weighted by atomic mass is 10.2. The van der Waals surface area contributed by atoms with Gasteiger partial charge in [-0.15, -0.1) is 0 Å². The van der Waals surface area contributed by atoms with Gasteiger partial charge in [0.05, 0.1) is 11.4 Å². The summed E-state index contributed by atoms with van der Waals surface area (Å²) in [6.07, 6.45) is 4.50. The molecule has 20 heavy (non-hydrogen) atoms. The van der Waals surface area contributed by atoms with Crippen LogP contribution in [0.25, 0.3) is 0 Å². The smallest absolute Gasteiger partial charge is 0.387 e. The summed E-state index contributed by atoms with van der Waals surface area (Å²) in [5.41, 5.74) is 6.74. The third-order valence-corrected chi connectivity index (χ3v) is 3.75. The number of ether oxygens (including phenoxy) is 1. The van der Waals surface area contributed by atoms with Crippen LogP contribution >= 0.6 is 0 Å². The van der Waals surface area contributed by atoms with Gasteiger partial charge in [0.25, 0.3) is 0 Å². The standard InChI is InChI=1S/C14H17F3N2O/c15-10-5-11(18)12(6-13(10)20-14(16)17)19(9-3-4-9)7-8-1-2-8/h5-6,8-9,14H,1-4,7,18H2. The molecule has 0 aliphatic heterocycles. The average Bonchev–Trinajstić information content (AvgIpc) is 3.24. The molecule has 2 fully saturated rings. The van der Waals surface area contributed by atoms with Gasteiger partial charge >= 0.3 is 6.61 Å². The van der Waals surface area contributed by atoms with Crippen molar-refractivity contribution >= 4 is 11.4 Å². The highest BCUT2D eigenvalue weighted by Crippen LogP contribution is 2.41. The highest BCUT2D eigenvalue weighted by molar-refractivity contribution is 5.71. The molecule has 0 radical (unpaired) electrons. The van der Waals surface area contributed by atoms with Crippen LogP contribution in [0.1, 0.15) is 25.7 Å². The van der Waals surface area contributed by atoms with Crippen molar-refractivity contribution in [2.45, 2.75) is 38.3 Å². The summed E-state index contributed by atoms with van der Waals surface area (Å²) >= 11 is 0. The molecule has 0 bridgehead atoms. The first-order chi connectivity index (χ1) is 9.54. The van der Waals surface area contributed by atoms with E-state index < -0.39 is 18.2 Å². The van der Waals surface area contributed by atoms with E-state index in [0.29, 0.717) is 17.6 Å². The number of hydrogen-bond acceptors (Lipinski definition) is 3. The number of halogens is 3. The van der Waals surface area contributed by atoms with Gasteiger partial charge in [-0.1, -0.05) is 0 Å². The number of nitrogens with zero attached hydrogens (tertiary/aromatic N) is 1. The van der Waals surface area contributed by atoms with Gasteiger partial charge in [-0.05, 0) is 31.6 Å². The first kappa shape index (κ1) is 13.4. The quantitative estimate of drug-likeness (QED) is 0.815. The fourth-order valence-electron chi connectivity index (χ4n) is 2.40. The van der Waals surface area contributed by atoms with Crippen LogP contribution in [0.4, 0.5) is 24.5 Å². The Morgan fingerprint density at radius 1 is 1.25 bits per heavy atom. The third-order valence-electron chi connectivity index (χ3n) is 3.75. The number of anilines is 2. The van der Waals surface area contributed by atoms with Gasteiger partial charge in [-0.3, -0.25) is 0 Å². The van der Waals surface area contributed by atoms with Crippen molar-refractivity contribution in [3.63, 3.8) is 0 Å². The Kier molecular flexibility index (Phi) is 3.40. The van der Waals surface area contributed by atoms with E-state index in [2.05, 4.69) is 9.64 Å². The summed E-state index contributed by atoms with van der Waals surface area (Å²) < 4.78 is 42.4. The Balaban J connectivity index is 1.88. The molecule has 2 aliphatic rings. The molecule has 6 heteroatoms. The maximum Gasteiger partial charge on any atom is 0.387 e. The zero-order chi connectivity index (χ0) is 14.3. The maximum atomic E-state index is 13.6. The molecule has 2 N–H and O–H groups in total. The lowest BCUT2D eigenvalue weighted by molar-refractivity contribution is -0.0521. The number of hydrogen-bond donors (Lipinski definition) is 1. The number of alkyl halides is 2. The molecule has 0 saturated heterocycles. The molecule has 0 amide bonds. The van der Waals surface area contributed by atoms with Crippen LogP contribution in [0.2, 0.25) is 0 Å². The summed E-state index contributed by atoms with van der Waals surface area (Å²) in [5, 5.41) is 0. The van der Waals surface area contributed by atoms with E-state index in [4.69, 9.17) is 5.73 Å². The van der Waals surface area contributed by atoms with Gasteiger partial charge in [-0.2, -0.15) is 8.78 Å². The maximum absolute atomic E-state index is 13.6. The summed E-state index contributed by atoms with van der Waals surface area (Å²) in [7, 11) is 0. The predicted octanol–water partition coefficient (Wildman–Crippen LogP) is 3.39. The monoisotopic (exact) mass is 286 g/mol. The SMILES string of the molecule is Nc1cc(F)c(OC(F)F)cc1N(CC1CC1)C1CC1. The van der Waals surface area contributed by atoms with Crippen LogP contribution in [-0.4, -0.2) is 19.2 Å². The first-order valence-electron chi connectivity index (χ1n) is 6.85. The van der Waals surface area contributed by atoms with E-state index in [-0.39, 0.29) is 5.69 Å². The fourth-order valence-corrected chi connectivity index (χ4v) is 2.40. The normalized spacial score (nSPS) is 18.4. The van der Waals surface area contributed by atoms with Crippen molar-refractivity contribution in [3.05, 3.63) is 17.9 Å². The van der Waals surface area contributed by atoms with Crippen molar-refractivity contribution < 1.29 is 17.9 Å². The van der Waals surface area contributed by atoms with Gasteiger partial charge in [-0.25, -0.2) is 4.39 Å². The number of nitrogens with two attached hydrogens (primary N) is 1. The minimum absolute atomic E-state index is 0.275. The summed E-state index contributed by atoms with van der Waals surface area (Å²) in [4.78, 5) is 2.12. The Hall–Kier alpha value is -1.59. The summed E-state index contributed by atoms with van der Waals surface area (Å²) in [6.45, 7) is -2.19. The largest absolute Gasteiger partial charge is 0.432 e. The molecule has 0 spiro atoms. The lowest BCUT2D eigenvalue weighted by Crippen LogP contribution is -2.29. The second-order valence-electron chi connectivity index (χ2n) is 5.55. The Morgan fingerprint density at radius 3 is 2.50 bits per heavy atom. The molecule has 0 atom stereocenters. The van der Waals surface area contributed by atoms with Crippen LogP contribution in [0.3, 0.4) is 0 Å². The second kappa shape index (κ2) is 5.07. The lowest BCUT2D eigenvalue weighted by Gasteiger charge is -2.26. The van der Waals surface area contributed by atoms with Gasteiger partial charge in [0.15, 0.2) is 11.6 Å². The molecule has 3 nitrogen and oxygen atoms in total. The van der Waals surface area contributed by atoms with Gasteiger partial charge in [0, 0.05) is 24.7 Å². The molecular formula is C14H17F3N2O. The van der Waals surface area contributed by atoms with Gasteiger partial charge in [0.2, 0.25) is 0 Å². The molecule has 1 aromatic rings. The number of rotatable bonds is 6. The molecule has 0 unspecified atom stereocenters. The van der Waals surface area contributed by atoms with E-state index in [1.54, 1.807) is 0 Å². The molecule has 1 aromatic carbocycles. The molecule has 0 aromatic heterocycles. The minimum Gasteiger partial charge on any atom is -0.432 e. The zero-order valence-corrected chi connectivity index (χ0v) is 11.0. The molecule has 0 heterocycles. The average molecular weight is 286 g/mol. The zero-order valence-electron chi connectivity index (χ0n) is 11.0. The molecule has 2 aliphatic carbocycles. The predicted molar refractivity (Wildman–Crippen MR) is 70.5 cm³/mol. The molecule has 3 rings (SSSR count). The van der Waals surface area contributed by atoms with Crippen LogP contribution in [0.15, 0.2) is 12.1 Å². The van der Waals surface area contributed by atoms with Gasteiger partial charge < -0.3 is 15.4 Å². The summed E-state index contributed by atoms with van der Waals surface area (Å²) in [5.74, 6) is -0.654.